The molecule has 0 radical (unpaired) electrons. The monoisotopic (exact) mass is 259 g/mol. The van der Waals surface area contributed by atoms with Gasteiger partial charge in [-0.3, -0.25) is 9.59 Å². The van der Waals surface area contributed by atoms with Gasteiger partial charge in [0.05, 0.1) is 19.6 Å². The molecule has 102 valence electrons. The van der Waals surface area contributed by atoms with Crippen molar-refractivity contribution in [2.75, 3.05) is 13.2 Å². The molecule has 2 N–H and O–H groups in total. The van der Waals surface area contributed by atoms with E-state index in [-0.39, 0.29) is 19.6 Å². The first-order valence-corrected chi connectivity index (χ1v) is 5.74. The number of nitrogens with two attached hydrogens (primary N) is 1. The van der Waals surface area contributed by atoms with Gasteiger partial charge in [-0.1, -0.05) is 0 Å². The molecule has 7 nitrogen and oxygen atoms in total. The van der Waals surface area contributed by atoms with Crippen molar-refractivity contribution in [3.8, 4) is 0 Å². The molecule has 1 aliphatic heterocycles. The van der Waals surface area contributed by atoms with Crippen molar-refractivity contribution in [2.45, 2.75) is 38.3 Å². The lowest BCUT2D eigenvalue weighted by Gasteiger charge is -2.12. The van der Waals surface area contributed by atoms with Crippen LogP contribution in [0.5, 0.6) is 0 Å². The second kappa shape index (κ2) is 6.95. The fourth-order valence-corrected chi connectivity index (χ4v) is 1.46. The summed E-state index contributed by atoms with van der Waals surface area (Å²) in [5.41, 5.74) is 5.66. The van der Waals surface area contributed by atoms with Crippen LogP contribution < -0.4 is 5.73 Å². The maximum atomic E-state index is 11.4. The maximum Gasteiger partial charge on any atom is 0.347 e. The zero-order chi connectivity index (χ0) is 13.5. The molecule has 0 bridgehead atoms. The number of cyclic esters (lactones) is 1. The SMILES string of the molecule is CC(=O)OCCC(N)CC(=O)OC1CCOC1=O. The molecule has 0 spiro atoms. The molecule has 0 aliphatic carbocycles. The normalized spacial score (nSPS) is 20.1. The molecule has 1 aliphatic rings. The minimum atomic E-state index is -0.807. The smallest absolute Gasteiger partial charge is 0.347 e. The largest absolute Gasteiger partial charge is 0.466 e. The van der Waals surface area contributed by atoms with Crippen LogP contribution in [-0.4, -0.2) is 43.3 Å². The van der Waals surface area contributed by atoms with E-state index in [0.717, 1.165) is 0 Å². The Hall–Kier alpha value is -1.63. The first-order valence-electron chi connectivity index (χ1n) is 5.74. The average molecular weight is 259 g/mol. The van der Waals surface area contributed by atoms with Crippen molar-refractivity contribution < 1.29 is 28.6 Å². The molecule has 2 atom stereocenters. The summed E-state index contributed by atoms with van der Waals surface area (Å²) in [4.78, 5) is 33.0. The van der Waals surface area contributed by atoms with Gasteiger partial charge < -0.3 is 19.9 Å². The molecule has 18 heavy (non-hydrogen) atoms. The lowest BCUT2D eigenvalue weighted by atomic mass is 10.1. The van der Waals surface area contributed by atoms with Crippen LogP contribution in [0, 0.1) is 0 Å². The summed E-state index contributed by atoms with van der Waals surface area (Å²) in [6.07, 6.45) is -0.0829. The third kappa shape index (κ3) is 5.13. The highest BCUT2D eigenvalue weighted by atomic mass is 16.6. The Kier molecular flexibility index (Phi) is 5.57. The summed E-state index contributed by atoms with van der Waals surface area (Å²) in [6.45, 7) is 1.73. The van der Waals surface area contributed by atoms with E-state index in [1.807, 2.05) is 0 Å². The number of esters is 3. The molecule has 0 aromatic heterocycles. The van der Waals surface area contributed by atoms with Gasteiger partial charge in [-0.2, -0.15) is 0 Å². The van der Waals surface area contributed by atoms with Crippen molar-refractivity contribution in [1.29, 1.82) is 0 Å². The summed E-state index contributed by atoms with van der Waals surface area (Å²) < 4.78 is 14.3. The van der Waals surface area contributed by atoms with Gasteiger partial charge in [0.25, 0.3) is 0 Å². The first-order chi connectivity index (χ1) is 8.49. The maximum absolute atomic E-state index is 11.4. The van der Waals surface area contributed by atoms with E-state index in [4.69, 9.17) is 15.2 Å². The topological polar surface area (TPSA) is 105 Å². The molecule has 7 heteroatoms. The van der Waals surface area contributed by atoms with Gasteiger partial charge in [-0.25, -0.2) is 4.79 Å². The van der Waals surface area contributed by atoms with Crippen molar-refractivity contribution in [1.82, 2.24) is 0 Å². The standard InChI is InChI=1S/C11H17NO6/c1-7(13)16-4-2-8(12)6-10(14)18-9-3-5-17-11(9)15/h8-9H,2-6,12H2,1H3. The number of carbonyl (C=O) groups excluding carboxylic acids is 3. The number of rotatable bonds is 6. The molecule has 2 unspecified atom stereocenters. The summed E-state index contributed by atoms with van der Waals surface area (Å²) in [5, 5.41) is 0. The highest BCUT2D eigenvalue weighted by Gasteiger charge is 2.30. The van der Waals surface area contributed by atoms with Crippen LogP contribution in [0.4, 0.5) is 0 Å². The molecule has 0 aromatic rings. The molecule has 1 heterocycles. The quantitative estimate of drug-likeness (QED) is 0.507. The van der Waals surface area contributed by atoms with E-state index in [1.54, 1.807) is 0 Å². The summed E-state index contributed by atoms with van der Waals surface area (Å²) in [7, 11) is 0. The molecule has 0 aromatic carbocycles. The summed E-state index contributed by atoms with van der Waals surface area (Å²) >= 11 is 0. The lowest BCUT2D eigenvalue weighted by molar-refractivity contribution is -0.160. The fourth-order valence-electron chi connectivity index (χ4n) is 1.46. The van der Waals surface area contributed by atoms with E-state index in [9.17, 15) is 14.4 Å². The van der Waals surface area contributed by atoms with Crippen LogP contribution in [-0.2, 0) is 28.6 Å². The minimum absolute atomic E-state index is 0.0228. The van der Waals surface area contributed by atoms with Gasteiger partial charge in [0.15, 0.2) is 0 Å². The van der Waals surface area contributed by atoms with Gasteiger partial charge in [-0.05, 0) is 6.42 Å². The van der Waals surface area contributed by atoms with Gasteiger partial charge in [0.2, 0.25) is 6.10 Å². The van der Waals surface area contributed by atoms with Crippen LogP contribution in [0.3, 0.4) is 0 Å². The van der Waals surface area contributed by atoms with Crippen LogP contribution in [0.15, 0.2) is 0 Å². The lowest BCUT2D eigenvalue weighted by Crippen LogP contribution is -2.30. The predicted octanol–water partition coefficient (Wildman–Crippen LogP) is -0.484. The molecule has 0 amide bonds. The van der Waals surface area contributed by atoms with E-state index in [2.05, 4.69) is 4.74 Å². The van der Waals surface area contributed by atoms with Gasteiger partial charge in [0, 0.05) is 19.4 Å². The Morgan fingerprint density at radius 3 is 2.83 bits per heavy atom. The Labute approximate surface area is 105 Å². The second-order valence-corrected chi connectivity index (χ2v) is 4.03. The Bertz CT molecular complexity index is 329. The van der Waals surface area contributed by atoms with Crippen LogP contribution >= 0.6 is 0 Å². The van der Waals surface area contributed by atoms with Gasteiger partial charge in [-0.15, -0.1) is 0 Å². The summed E-state index contributed by atoms with van der Waals surface area (Å²) in [5.74, 6) is -1.45. The molecule has 1 fully saturated rings. The van der Waals surface area contributed by atoms with Crippen LogP contribution in [0.2, 0.25) is 0 Å². The van der Waals surface area contributed by atoms with E-state index >= 15 is 0 Å². The Morgan fingerprint density at radius 2 is 2.28 bits per heavy atom. The molecule has 1 rings (SSSR count). The number of hydrogen-bond acceptors (Lipinski definition) is 7. The van der Waals surface area contributed by atoms with E-state index in [1.165, 1.54) is 6.92 Å². The zero-order valence-corrected chi connectivity index (χ0v) is 10.2. The Morgan fingerprint density at radius 1 is 1.56 bits per heavy atom. The Balaban J connectivity index is 2.18. The molecule has 1 saturated heterocycles. The second-order valence-electron chi connectivity index (χ2n) is 4.03. The fraction of sp³-hybridized carbons (Fsp3) is 0.727. The van der Waals surface area contributed by atoms with E-state index < -0.39 is 30.1 Å². The third-order valence-corrected chi connectivity index (χ3v) is 2.38. The first kappa shape index (κ1) is 14.4. The van der Waals surface area contributed by atoms with Crippen molar-refractivity contribution in [3.63, 3.8) is 0 Å². The van der Waals surface area contributed by atoms with Crippen molar-refractivity contribution in [3.05, 3.63) is 0 Å². The zero-order valence-electron chi connectivity index (χ0n) is 10.2. The molecule has 0 saturated carbocycles. The van der Waals surface area contributed by atoms with Gasteiger partial charge in [0.1, 0.15) is 0 Å². The van der Waals surface area contributed by atoms with Gasteiger partial charge >= 0.3 is 17.9 Å². The highest BCUT2D eigenvalue weighted by Crippen LogP contribution is 2.11. The average Bonchev–Trinajstić information content (AvgIpc) is 2.63. The summed E-state index contributed by atoms with van der Waals surface area (Å²) in [6, 6.07) is -0.464. The van der Waals surface area contributed by atoms with Crippen LogP contribution in [0.25, 0.3) is 0 Å². The highest BCUT2D eigenvalue weighted by molar-refractivity contribution is 5.80. The number of hydrogen-bond donors (Lipinski definition) is 1. The number of ether oxygens (including phenoxy) is 3. The third-order valence-electron chi connectivity index (χ3n) is 2.38. The number of carbonyl (C=O) groups is 3. The molecular weight excluding hydrogens is 242 g/mol. The van der Waals surface area contributed by atoms with Crippen molar-refractivity contribution >= 4 is 17.9 Å². The minimum Gasteiger partial charge on any atom is -0.466 e. The van der Waals surface area contributed by atoms with Crippen molar-refractivity contribution in [2.24, 2.45) is 5.73 Å². The predicted molar refractivity (Wildman–Crippen MR) is 59.3 cm³/mol. The van der Waals surface area contributed by atoms with Crippen LogP contribution in [0.1, 0.15) is 26.2 Å². The molecular formula is C11H17NO6. The van der Waals surface area contributed by atoms with E-state index in [0.29, 0.717) is 12.8 Å².